The van der Waals surface area contributed by atoms with Crippen molar-refractivity contribution in [2.24, 2.45) is 0 Å². The molecule has 7 heteroatoms. The summed E-state index contributed by atoms with van der Waals surface area (Å²) in [5.41, 5.74) is 3.95. The van der Waals surface area contributed by atoms with Crippen molar-refractivity contribution in [3.05, 3.63) is 93.5 Å². The maximum atomic E-state index is 11.4. The highest BCUT2D eigenvalue weighted by molar-refractivity contribution is 9.10. The lowest BCUT2D eigenvalue weighted by Crippen LogP contribution is -2.16. The van der Waals surface area contributed by atoms with Crippen LogP contribution in [0.1, 0.15) is 22.3 Å². The Balaban J connectivity index is 2.15. The van der Waals surface area contributed by atoms with Gasteiger partial charge in [0.15, 0.2) is 0 Å². The summed E-state index contributed by atoms with van der Waals surface area (Å²) in [7, 11) is 0. The Morgan fingerprint density at radius 1 is 0.793 bits per heavy atom. The number of amides is 2. The minimum Gasteiger partial charge on any atom is -0.465 e. The molecule has 0 spiro atoms. The molecule has 0 aliphatic carbocycles. The van der Waals surface area contributed by atoms with Gasteiger partial charge in [0.1, 0.15) is 0 Å². The first kappa shape index (κ1) is 20.4. The van der Waals surface area contributed by atoms with Crippen LogP contribution in [0.15, 0.2) is 71.2 Å². The zero-order valence-electron chi connectivity index (χ0n) is 15.4. The van der Waals surface area contributed by atoms with Crippen molar-refractivity contribution in [2.45, 2.75) is 12.8 Å². The van der Waals surface area contributed by atoms with Crippen molar-refractivity contribution in [3.8, 4) is 0 Å². The molecule has 0 aromatic heterocycles. The van der Waals surface area contributed by atoms with Gasteiger partial charge in [0, 0.05) is 10.9 Å². The number of anilines is 2. The summed E-state index contributed by atoms with van der Waals surface area (Å²) in [4.78, 5) is 22.7. The number of hydrogen-bond donors (Lipinski definition) is 4. The molecular formula is C22H19BrN2O4. The summed E-state index contributed by atoms with van der Waals surface area (Å²) in [5.74, 6) is 0. The number of benzene rings is 3. The molecule has 0 saturated carbocycles. The predicted molar refractivity (Wildman–Crippen MR) is 116 cm³/mol. The van der Waals surface area contributed by atoms with Gasteiger partial charge in [-0.05, 0) is 34.7 Å². The Morgan fingerprint density at radius 3 is 1.83 bits per heavy atom. The predicted octanol–water partition coefficient (Wildman–Crippen LogP) is 5.81. The standard InChI is InChI=1S/C22H19BrN2O4/c23-19-16(11-14-7-3-1-4-8-14)13-18(24-21(26)27)20(25-22(28)29)17(19)12-15-9-5-2-6-10-15/h1-10,13,24-25H,11-12H2,(H,26,27)(H,28,29). The molecule has 0 fully saturated rings. The van der Waals surface area contributed by atoms with Gasteiger partial charge < -0.3 is 10.2 Å². The highest BCUT2D eigenvalue weighted by Gasteiger charge is 2.20. The van der Waals surface area contributed by atoms with Gasteiger partial charge in [-0.15, -0.1) is 0 Å². The van der Waals surface area contributed by atoms with Gasteiger partial charge >= 0.3 is 12.2 Å². The van der Waals surface area contributed by atoms with Crippen LogP contribution in [0, 0.1) is 0 Å². The molecule has 4 N–H and O–H groups in total. The lowest BCUT2D eigenvalue weighted by molar-refractivity contribution is 0.208. The van der Waals surface area contributed by atoms with E-state index in [1.54, 1.807) is 6.07 Å². The monoisotopic (exact) mass is 454 g/mol. The molecule has 148 valence electrons. The van der Waals surface area contributed by atoms with Gasteiger partial charge in [0.05, 0.1) is 11.4 Å². The summed E-state index contributed by atoms with van der Waals surface area (Å²) in [5, 5.41) is 23.3. The first-order valence-corrected chi connectivity index (χ1v) is 9.65. The fourth-order valence-corrected chi connectivity index (χ4v) is 3.74. The van der Waals surface area contributed by atoms with Crippen LogP contribution >= 0.6 is 15.9 Å². The molecule has 0 saturated heterocycles. The van der Waals surface area contributed by atoms with Gasteiger partial charge in [-0.1, -0.05) is 76.6 Å². The average Bonchev–Trinajstić information content (AvgIpc) is 2.69. The number of nitrogens with one attached hydrogen (secondary N) is 2. The Hall–Kier alpha value is -3.32. The molecular weight excluding hydrogens is 436 g/mol. The molecule has 3 aromatic rings. The number of rotatable bonds is 6. The molecule has 0 radical (unpaired) electrons. The van der Waals surface area contributed by atoms with E-state index in [1.165, 1.54) is 0 Å². The molecule has 0 bridgehead atoms. The van der Waals surface area contributed by atoms with Crippen LogP contribution in [-0.2, 0) is 12.8 Å². The second-order valence-electron chi connectivity index (χ2n) is 6.44. The summed E-state index contributed by atoms with van der Waals surface area (Å²) in [6, 6.07) is 21.0. The molecule has 0 aliphatic heterocycles. The van der Waals surface area contributed by atoms with Crippen LogP contribution in [0.4, 0.5) is 21.0 Å². The van der Waals surface area contributed by atoms with Crippen LogP contribution in [-0.4, -0.2) is 22.4 Å². The molecule has 2 amide bonds. The Labute approximate surface area is 176 Å². The average molecular weight is 455 g/mol. The molecule has 6 nitrogen and oxygen atoms in total. The van der Waals surface area contributed by atoms with Crippen LogP contribution in [0.25, 0.3) is 0 Å². The lowest BCUT2D eigenvalue weighted by Gasteiger charge is -2.20. The van der Waals surface area contributed by atoms with Crippen molar-refractivity contribution in [1.29, 1.82) is 0 Å². The highest BCUT2D eigenvalue weighted by atomic mass is 79.9. The van der Waals surface area contributed by atoms with E-state index in [0.717, 1.165) is 21.2 Å². The fraction of sp³-hybridized carbons (Fsp3) is 0.0909. The lowest BCUT2D eigenvalue weighted by atomic mass is 9.96. The molecule has 0 aliphatic rings. The van der Waals surface area contributed by atoms with Crippen LogP contribution in [0.2, 0.25) is 0 Å². The van der Waals surface area contributed by atoms with E-state index in [0.29, 0.717) is 18.4 Å². The number of hydrogen-bond acceptors (Lipinski definition) is 2. The van der Waals surface area contributed by atoms with E-state index in [1.807, 2.05) is 60.7 Å². The van der Waals surface area contributed by atoms with Gasteiger partial charge in [-0.25, -0.2) is 9.59 Å². The number of carbonyl (C=O) groups is 2. The smallest absolute Gasteiger partial charge is 0.409 e. The van der Waals surface area contributed by atoms with Crippen molar-refractivity contribution >= 4 is 39.5 Å². The van der Waals surface area contributed by atoms with Crippen LogP contribution < -0.4 is 10.6 Å². The Kier molecular flexibility index (Phi) is 6.51. The maximum Gasteiger partial charge on any atom is 0.409 e. The van der Waals surface area contributed by atoms with Crippen molar-refractivity contribution < 1.29 is 19.8 Å². The maximum absolute atomic E-state index is 11.4. The minimum absolute atomic E-state index is 0.194. The van der Waals surface area contributed by atoms with Crippen LogP contribution in [0.5, 0.6) is 0 Å². The Bertz CT molecular complexity index is 1020. The van der Waals surface area contributed by atoms with E-state index in [4.69, 9.17) is 0 Å². The normalized spacial score (nSPS) is 10.4. The zero-order valence-corrected chi connectivity index (χ0v) is 16.9. The highest BCUT2D eigenvalue weighted by Crippen LogP contribution is 2.38. The Morgan fingerprint density at radius 2 is 1.31 bits per heavy atom. The van der Waals surface area contributed by atoms with Crippen molar-refractivity contribution in [1.82, 2.24) is 0 Å². The van der Waals surface area contributed by atoms with Crippen molar-refractivity contribution in [2.75, 3.05) is 10.6 Å². The summed E-state index contributed by atoms with van der Waals surface area (Å²) < 4.78 is 0.741. The first-order valence-electron chi connectivity index (χ1n) is 8.86. The fourth-order valence-electron chi connectivity index (χ4n) is 3.15. The van der Waals surface area contributed by atoms with Gasteiger partial charge in [-0.3, -0.25) is 10.6 Å². The third-order valence-corrected chi connectivity index (χ3v) is 5.36. The summed E-state index contributed by atoms with van der Waals surface area (Å²) >= 11 is 3.63. The van der Waals surface area contributed by atoms with Gasteiger partial charge in [0.2, 0.25) is 0 Å². The molecule has 0 atom stereocenters. The third-order valence-electron chi connectivity index (χ3n) is 4.37. The number of carboxylic acid groups (broad SMARTS) is 2. The van der Waals surface area contributed by atoms with E-state index >= 15 is 0 Å². The zero-order chi connectivity index (χ0) is 20.8. The van der Waals surface area contributed by atoms with Gasteiger partial charge in [0.25, 0.3) is 0 Å². The minimum atomic E-state index is -1.27. The van der Waals surface area contributed by atoms with Crippen molar-refractivity contribution in [3.63, 3.8) is 0 Å². The largest absolute Gasteiger partial charge is 0.465 e. The molecule has 3 rings (SSSR count). The first-order chi connectivity index (χ1) is 13.9. The van der Waals surface area contributed by atoms with E-state index < -0.39 is 12.2 Å². The molecule has 3 aromatic carbocycles. The van der Waals surface area contributed by atoms with E-state index in [9.17, 15) is 19.8 Å². The third kappa shape index (κ3) is 5.36. The second-order valence-corrected chi connectivity index (χ2v) is 7.23. The topological polar surface area (TPSA) is 98.7 Å². The molecule has 0 heterocycles. The van der Waals surface area contributed by atoms with E-state index in [2.05, 4.69) is 26.6 Å². The SMILES string of the molecule is O=C(O)Nc1cc(Cc2ccccc2)c(Br)c(Cc2ccccc2)c1NC(=O)O. The molecule has 0 unspecified atom stereocenters. The summed E-state index contributed by atoms with van der Waals surface area (Å²) in [6.45, 7) is 0. The second kappa shape index (κ2) is 9.25. The summed E-state index contributed by atoms with van der Waals surface area (Å²) in [6.07, 6.45) is -1.55. The van der Waals surface area contributed by atoms with Gasteiger partial charge in [-0.2, -0.15) is 0 Å². The quantitative estimate of drug-likeness (QED) is 0.377. The van der Waals surface area contributed by atoms with E-state index in [-0.39, 0.29) is 11.4 Å². The van der Waals surface area contributed by atoms with Crippen LogP contribution in [0.3, 0.4) is 0 Å². The number of halogens is 1. The molecule has 29 heavy (non-hydrogen) atoms.